The van der Waals surface area contributed by atoms with Gasteiger partial charge in [0.15, 0.2) is 0 Å². The predicted octanol–water partition coefficient (Wildman–Crippen LogP) is -0.709. The molecule has 0 bridgehead atoms. The van der Waals surface area contributed by atoms with Gasteiger partial charge in [-0.05, 0) is 0 Å². The molecule has 0 fully saturated rings. The molecule has 0 unspecified atom stereocenters. The van der Waals surface area contributed by atoms with E-state index in [9.17, 15) is 0 Å². The molecule has 0 aromatic heterocycles. The van der Waals surface area contributed by atoms with Crippen LogP contribution in [-0.4, -0.2) is 47.9 Å². The van der Waals surface area contributed by atoms with Crippen LogP contribution in [0.15, 0.2) is 12.1 Å². The van der Waals surface area contributed by atoms with Gasteiger partial charge in [-0.15, -0.1) is 0 Å². The van der Waals surface area contributed by atoms with Gasteiger partial charge in [0.1, 0.15) is 0 Å². The molecule has 2 nitrogen and oxygen atoms in total. The van der Waals surface area contributed by atoms with Gasteiger partial charge in [0.25, 0.3) is 0 Å². The summed E-state index contributed by atoms with van der Waals surface area (Å²) in [6, 6.07) is 3.87. The van der Waals surface area contributed by atoms with Crippen molar-refractivity contribution in [2.75, 3.05) is 14.2 Å². The summed E-state index contributed by atoms with van der Waals surface area (Å²) in [5.74, 6) is 1.69. The quantitative estimate of drug-likeness (QED) is 0.669. The topological polar surface area (TPSA) is 18.5 Å². The van der Waals surface area contributed by atoms with Crippen LogP contribution in [0.1, 0.15) is 0 Å². The summed E-state index contributed by atoms with van der Waals surface area (Å²) in [4.78, 5) is 0. The third-order valence-electron chi connectivity index (χ3n) is 1.50. The average molecular weight is 286 g/mol. The second-order valence-electron chi connectivity index (χ2n) is 2.17. The molecule has 0 saturated carbocycles. The van der Waals surface area contributed by atoms with Gasteiger partial charge in [0.2, 0.25) is 0 Å². The molecular weight excluding hydrogens is 278 g/mol. The first-order chi connectivity index (χ1) is 5.70. The molecule has 1 rings (SSSR count). The van der Waals surface area contributed by atoms with E-state index in [1.54, 1.807) is 14.2 Å². The summed E-state index contributed by atoms with van der Waals surface area (Å²) >= 11 is 4.92. The molecule has 0 aliphatic rings. The number of hydrogen-bond donors (Lipinski definition) is 0. The van der Waals surface area contributed by atoms with Gasteiger partial charge in [0, 0.05) is 0 Å². The number of rotatable bonds is 2. The van der Waals surface area contributed by atoms with Crippen LogP contribution in [0.4, 0.5) is 0 Å². The van der Waals surface area contributed by atoms with Crippen LogP contribution in [0.5, 0.6) is 11.5 Å². The molecule has 1 aromatic carbocycles. The second kappa shape index (κ2) is 4.25. The fraction of sp³-hybridized carbons (Fsp3) is 0.250. The zero-order valence-electron chi connectivity index (χ0n) is 6.87. The van der Waals surface area contributed by atoms with Gasteiger partial charge in [-0.2, -0.15) is 0 Å². The van der Waals surface area contributed by atoms with Crippen LogP contribution in [0, 0.1) is 0 Å². The molecule has 0 heterocycles. The van der Waals surface area contributed by atoms with Gasteiger partial charge >= 0.3 is 89.7 Å². The van der Waals surface area contributed by atoms with E-state index in [2.05, 4.69) is 33.7 Å². The Morgan fingerprint density at radius 1 is 1.08 bits per heavy atom. The molecule has 0 N–H and O–H groups in total. The van der Waals surface area contributed by atoms with E-state index in [0.717, 1.165) is 20.2 Å². The Morgan fingerprint density at radius 3 is 2.25 bits per heavy atom. The van der Waals surface area contributed by atoms with E-state index >= 15 is 0 Å². The zero-order chi connectivity index (χ0) is 9.14. The molecule has 4 heteroatoms. The number of ether oxygens (including phenoxy) is 2. The Bertz CT molecular complexity index is 287. The Morgan fingerprint density at radius 2 is 1.75 bits per heavy atom. The summed E-state index contributed by atoms with van der Waals surface area (Å²) < 4.78 is 12.4. The van der Waals surface area contributed by atoms with E-state index < -0.39 is 0 Å². The van der Waals surface area contributed by atoms with Crippen LogP contribution < -0.4 is 18.2 Å². The summed E-state index contributed by atoms with van der Waals surface area (Å²) in [5, 5.41) is 0. The van der Waals surface area contributed by atoms with E-state index in [-0.39, 0.29) is 0 Å². The Balaban J connectivity index is 3.24. The molecule has 4 radical (unpaired) electrons. The second-order valence-corrected chi connectivity index (χ2v) is 4.12. The van der Waals surface area contributed by atoms with Crippen LogP contribution in [0.3, 0.4) is 0 Å². The van der Waals surface area contributed by atoms with Crippen LogP contribution in [-0.2, 0) is 0 Å². The molecule has 62 valence electrons. The van der Waals surface area contributed by atoms with E-state index in [0.29, 0.717) is 0 Å². The first-order valence-corrected chi connectivity index (χ1v) is 5.21. The molecule has 0 spiro atoms. The zero-order valence-corrected chi connectivity index (χ0v) is 10.6. The first kappa shape index (κ1) is 10.0. The molecule has 12 heavy (non-hydrogen) atoms. The molecule has 0 aliphatic heterocycles. The monoisotopic (exact) mass is 286 g/mol. The van der Waals surface area contributed by atoms with Crippen molar-refractivity contribution in [1.29, 1.82) is 0 Å². The van der Waals surface area contributed by atoms with Crippen LogP contribution in [0.2, 0.25) is 0 Å². The van der Waals surface area contributed by atoms with Crippen LogP contribution >= 0.6 is 0 Å². The fourth-order valence-corrected chi connectivity index (χ4v) is 2.70. The Kier molecular flexibility index (Phi) is 3.55. The van der Waals surface area contributed by atoms with Gasteiger partial charge in [-0.1, -0.05) is 0 Å². The fourth-order valence-electron chi connectivity index (χ4n) is 0.908. The van der Waals surface area contributed by atoms with Crippen molar-refractivity contribution in [3.63, 3.8) is 0 Å². The van der Waals surface area contributed by atoms with Gasteiger partial charge in [-0.25, -0.2) is 0 Å². The van der Waals surface area contributed by atoms with Crippen molar-refractivity contribution in [3.05, 3.63) is 12.1 Å². The molecule has 1 aromatic rings. The summed E-state index contributed by atoms with van der Waals surface area (Å²) in [5.41, 5.74) is 0. The third-order valence-corrected chi connectivity index (χ3v) is 3.13. The van der Waals surface area contributed by atoms with E-state index in [1.165, 1.54) is 0 Å². The number of methoxy groups -OCH3 is 2. The van der Waals surface area contributed by atoms with Crippen molar-refractivity contribution in [2.24, 2.45) is 0 Å². The van der Waals surface area contributed by atoms with E-state index in [4.69, 9.17) is 9.47 Å². The first-order valence-electron chi connectivity index (χ1n) is 3.33. The number of benzene rings is 1. The number of hydrogen-bond acceptors (Lipinski definition) is 2. The van der Waals surface area contributed by atoms with Gasteiger partial charge < -0.3 is 0 Å². The predicted molar refractivity (Wildman–Crippen MR) is 50.3 cm³/mol. The Hall–Kier alpha value is -0.0631. The minimum atomic E-state index is 0.835. The van der Waals surface area contributed by atoms with Crippen molar-refractivity contribution >= 4 is 42.4 Å². The summed E-state index contributed by atoms with van der Waals surface area (Å²) in [6.07, 6.45) is 0. The molecule has 0 aliphatic carbocycles. The van der Waals surface area contributed by atoms with Crippen molar-refractivity contribution in [1.82, 2.24) is 0 Å². The van der Waals surface area contributed by atoms with Gasteiger partial charge in [-0.3, -0.25) is 0 Å². The minimum absolute atomic E-state index is 0.835. The van der Waals surface area contributed by atoms with E-state index in [1.807, 2.05) is 12.1 Å². The van der Waals surface area contributed by atoms with Crippen molar-refractivity contribution in [3.8, 4) is 11.5 Å². The van der Waals surface area contributed by atoms with Crippen molar-refractivity contribution < 1.29 is 9.47 Å². The molecule has 0 saturated heterocycles. The van der Waals surface area contributed by atoms with Crippen molar-refractivity contribution in [2.45, 2.75) is 0 Å². The summed E-state index contributed by atoms with van der Waals surface area (Å²) in [7, 11) is 3.30. The molecular formula is C8H8As2O2. The molecule has 0 amide bonds. The average Bonchev–Trinajstić information content (AvgIpc) is 2.06. The maximum absolute atomic E-state index is 5.21. The van der Waals surface area contributed by atoms with Crippen LogP contribution in [0.25, 0.3) is 0 Å². The normalized spacial score (nSPS) is 9.67. The standard InChI is InChI=1S/C8H8As2O2/c1-11-6-4-3-5(9)8(12-2)7(6)10/h3-4H,1-2H3. The van der Waals surface area contributed by atoms with Gasteiger partial charge in [0.05, 0.1) is 0 Å². The Labute approximate surface area is 89.6 Å². The summed E-state index contributed by atoms with van der Waals surface area (Å²) in [6.45, 7) is 0. The third kappa shape index (κ3) is 1.81. The maximum atomic E-state index is 5.21. The SMILES string of the molecule is COc1ccc([As])c(OC)c1[As]. The molecule has 0 atom stereocenters.